The van der Waals surface area contributed by atoms with Crippen LogP contribution in [0.3, 0.4) is 0 Å². The standard InChI is InChI=1S/C12H24N2O2/c1-10(2)16-9-4-3-7-14-12(15)11-6-5-8-13-11/h10-11,13H,3-9H2,1-2H3,(H,14,15)/t11-/m0/s1. The molecule has 0 bridgehead atoms. The molecule has 2 N–H and O–H groups in total. The van der Waals surface area contributed by atoms with E-state index in [1.54, 1.807) is 0 Å². The molecule has 0 radical (unpaired) electrons. The Kier molecular flexibility index (Phi) is 6.42. The first-order chi connectivity index (χ1) is 7.70. The summed E-state index contributed by atoms with van der Waals surface area (Å²) < 4.78 is 5.42. The van der Waals surface area contributed by atoms with E-state index in [-0.39, 0.29) is 11.9 Å². The molecule has 4 heteroatoms. The molecule has 16 heavy (non-hydrogen) atoms. The van der Waals surface area contributed by atoms with Crippen molar-refractivity contribution in [3.8, 4) is 0 Å². The van der Waals surface area contributed by atoms with E-state index in [0.29, 0.717) is 6.10 Å². The molecule has 0 spiro atoms. The fraction of sp³-hybridized carbons (Fsp3) is 0.917. The van der Waals surface area contributed by atoms with Gasteiger partial charge in [0.1, 0.15) is 0 Å². The summed E-state index contributed by atoms with van der Waals surface area (Å²) in [4.78, 5) is 11.6. The van der Waals surface area contributed by atoms with Crippen LogP contribution in [0.15, 0.2) is 0 Å². The highest BCUT2D eigenvalue weighted by Crippen LogP contribution is 2.04. The summed E-state index contributed by atoms with van der Waals surface area (Å²) in [5.41, 5.74) is 0. The summed E-state index contributed by atoms with van der Waals surface area (Å²) in [5, 5.41) is 6.14. The molecule has 1 aliphatic heterocycles. The zero-order chi connectivity index (χ0) is 11.8. The zero-order valence-electron chi connectivity index (χ0n) is 10.4. The number of carbonyl (C=O) groups excluding carboxylic acids is 1. The van der Waals surface area contributed by atoms with Crippen molar-refractivity contribution in [2.45, 2.75) is 51.7 Å². The zero-order valence-corrected chi connectivity index (χ0v) is 10.4. The van der Waals surface area contributed by atoms with Crippen LogP contribution in [-0.2, 0) is 9.53 Å². The first kappa shape index (κ1) is 13.5. The Balaban J connectivity index is 1.92. The van der Waals surface area contributed by atoms with Gasteiger partial charge >= 0.3 is 0 Å². The largest absolute Gasteiger partial charge is 0.379 e. The molecule has 1 amide bonds. The molecule has 1 fully saturated rings. The van der Waals surface area contributed by atoms with Gasteiger partial charge in [-0.1, -0.05) is 0 Å². The van der Waals surface area contributed by atoms with E-state index in [4.69, 9.17) is 4.74 Å². The van der Waals surface area contributed by atoms with Crippen LogP contribution in [0.2, 0.25) is 0 Å². The number of hydrogen-bond acceptors (Lipinski definition) is 3. The molecule has 1 aliphatic rings. The van der Waals surface area contributed by atoms with Crippen molar-refractivity contribution in [1.29, 1.82) is 0 Å². The van der Waals surface area contributed by atoms with Crippen molar-refractivity contribution in [1.82, 2.24) is 10.6 Å². The monoisotopic (exact) mass is 228 g/mol. The van der Waals surface area contributed by atoms with Gasteiger partial charge in [0.25, 0.3) is 0 Å². The van der Waals surface area contributed by atoms with Crippen LogP contribution in [0, 0.1) is 0 Å². The molecular formula is C12H24N2O2. The summed E-state index contributed by atoms with van der Waals surface area (Å²) in [7, 11) is 0. The quantitative estimate of drug-likeness (QED) is 0.641. The van der Waals surface area contributed by atoms with Crippen LogP contribution in [0.1, 0.15) is 39.5 Å². The van der Waals surface area contributed by atoms with Gasteiger partial charge in [-0.3, -0.25) is 4.79 Å². The number of amides is 1. The normalized spacial score (nSPS) is 20.3. The third kappa shape index (κ3) is 5.47. The number of unbranched alkanes of at least 4 members (excludes halogenated alkanes) is 1. The Labute approximate surface area is 98.1 Å². The predicted molar refractivity (Wildman–Crippen MR) is 64.4 cm³/mol. The van der Waals surface area contributed by atoms with Crippen LogP contribution in [0.4, 0.5) is 0 Å². The summed E-state index contributed by atoms with van der Waals surface area (Å²) >= 11 is 0. The SMILES string of the molecule is CC(C)OCCCCNC(=O)[C@@H]1CCCN1. The summed E-state index contributed by atoms with van der Waals surface area (Å²) in [6.07, 6.45) is 4.39. The van der Waals surface area contributed by atoms with Crippen molar-refractivity contribution < 1.29 is 9.53 Å². The van der Waals surface area contributed by atoms with Crippen molar-refractivity contribution in [2.75, 3.05) is 19.7 Å². The lowest BCUT2D eigenvalue weighted by Gasteiger charge is -2.11. The Morgan fingerprint density at radius 1 is 1.50 bits per heavy atom. The van der Waals surface area contributed by atoms with Crippen molar-refractivity contribution in [3.05, 3.63) is 0 Å². The topological polar surface area (TPSA) is 50.4 Å². The molecule has 1 heterocycles. The van der Waals surface area contributed by atoms with Gasteiger partial charge in [0.15, 0.2) is 0 Å². The Morgan fingerprint density at radius 2 is 2.31 bits per heavy atom. The molecule has 1 atom stereocenters. The number of carbonyl (C=O) groups is 1. The lowest BCUT2D eigenvalue weighted by molar-refractivity contribution is -0.122. The van der Waals surface area contributed by atoms with E-state index in [2.05, 4.69) is 10.6 Å². The first-order valence-electron chi connectivity index (χ1n) is 6.33. The number of nitrogens with one attached hydrogen (secondary N) is 2. The smallest absolute Gasteiger partial charge is 0.237 e. The van der Waals surface area contributed by atoms with Crippen LogP contribution in [-0.4, -0.2) is 37.7 Å². The lowest BCUT2D eigenvalue weighted by atomic mass is 10.2. The highest BCUT2D eigenvalue weighted by molar-refractivity contribution is 5.81. The van der Waals surface area contributed by atoms with E-state index in [9.17, 15) is 4.79 Å². The molecule has 0 aromatic rings. The Hall–Kier alpha value is -0.610. The fourth-order valence-electron chi connectivity index (χ4n) is 1.79. The van der Waals surface area contributed by atoms with E-state index in [0.717, 1.165) is 45.4 Å². The molecule has 1 rings (SSSR count). The summed E-state index contributed by atoms with van der Waals surface area (Å²) in [5.74, 6) is 0.155. The summed E-state index contributed by atoms with van der Waals surface area (Å²) in [6.45, 7) is 6.59. The number of hydrogen-bond donors (Lipinski definition) is 2. The second-order valence-corrected chi connectivity index (χ2v) is 4.57. The minimum absolute atomic E-state index is 0.0481. The first-order valence-corrected chi connectivity index (χ1v) is 6.33. The van der Waals surface area contributed by atoms with Gasteiger partial charge in [0.2, 0.25) is 5.91 Å². The summed E-state index contributed by atoms with van der Waals surface area (Å²) in [6, 6.07) is 0.0481. The second kappa shape index (κ2) is 7.63. The Bertz CT molecular complexity index is 201. The molecule has 1 saturated heterocycles. The maximum absolute atomic E-state index is 11.6. The fourth-order valence-corrected chi connectivity index (χ4v) is 1.79. The van der Waals surface area contributed by atoms with Gasteiger partial charge in [-0.2, -0.15) is 0 Å². The lowest BCUT2D eigenvalue weighted by Crippen LogP contribution is -2.40. The van der Waals surface area contributed by atoms with Crippen molar-refractivity contribution in [2.24, 2.45) is 0 Å². The highest BCUT2D eigenvalue weighted by atomic mass is 16.5. The second-order valence-electron chi connectivity index (χ2n) is 4.57. The van der Waals surface area contributed by atoms with Gasteiger partial charge in [-0.15, -0.1) is 0 Å². The van der Waals surface area contributed by atoms with Crippen LogP contribution >= 0.6 is 0 Å². The van der Waals surface area contributed by atoms with E-state index in [1.165, 1.54) is 0 Å². The van der Waals surface area contributed by atoms with Gasteiger partial charge in [0.05, 0.1) is 12.1 Å². The maximum Gasteiger partial charge on any atom is 0.237 e. The van der Waals surface area contributed by atoms with Crippen LogP contribution in [0.5, 0.6) is 0 Å². The van der Waals surface area contributed by atoms with E-state index >= 15 is 0 Å². The Morgan fingerprint density at radius 3 is 2.94 bits per heavy atom. The van der Waals surface area contributed by atoms with Crippen LogP contribution < -0.4 is 10.6 Å². The predicted octanol–water partition coefficient (Wildman–Crippen LogP) is 1.06. The molecule has 0 saturated carbocycles. The highest BCUT2D eigenvalue weighted by Gasteiger charge is 2.20. The average molecular weight is 228 g/mol. The van der Waals surface area contributed by atoms with Gasteiger partial charge in [0, 0.05) is 13.2 Å². The average Bonchev–Trinajstić information content (AvgIpc) is 2.75. The van der Waals surface area contributed by atoms with Gasteiger partial charge in [-0.25, -0.2) is 0 Å². The molecule has 94 valence electrons. The molecule has 0 aliphatic carbocycles. The third-order valence-electron chi connectivity index (χ3n) is 2.70. The van der Waals surface area contributed by atoms with Crippen LogP contribution in [0.25, 0.3) is 0 Å². The maximum atomic E-state index is 11.6. The van der Waals surface area contributed by atoms with Crippen molar-refractivity contribution >= 4 is 5.91 Å². The minimum Gasteiger partial charge on any atom is -0.379 e. The van der Waals surface area contributed by atoms with Gasteiger partial charge < -0.3 is 15.4 Å². The molecule has 0 unspecified atom stereocenters. The number of rotatable bonds is 7. The van der Waals surface area contributed by atoms with Crippen molar-refractivity contribution in [3.63, 3.8) is 0 Å². The van der Waals surface area contributed by atoms with E-state index < -0.39 is 0 Å². The number of ether oxygens (including phenoxy) is 1. The molecule has 0 aromatic carbocycles. The minimum atomic E-state index is 0.0481. The molecule has 4 nitrogen and oxygen atoms in total. The molecule has 0 aromatic heterocycles. The third-order valence-corrected chi connectivity index (χ3v) is 2.70. The van der Waals surface area contributed by atoms with Gasteiger partial charge in [-0.05, 0) is 46.1 Å². The molecular weight excluding hydrogens is 204 g/mol. The van der Waals surface area contributed by atoms with E-state index in [1.807, 2.05) is 13.8 Å².